The summed E-state index contributed by atoms with van der Waals surface area (Å²) < 4.78 is 6.38. The molecule has 2 unspecified atom stereocenters. The molecular formula is C23H29N3O2. The predicted molar refractivity (Wildman–Crippen MR) is 109 cm³/mol. The van der Waals surface area contributed by atoms with Crippen LogP contribution < -0.4 is 0 Å². The van der Waals surface area contributed by atoms with Gasteiger partial charge in [0.05, 0.1) is 17.7 Å². The van der Waals surface area contributed by atoms with Gasteiger partial charge in [-0.2, -0.15) is 0 Å². The molecule has 3 saturated heterocycles. The van der Waals surface area contributed by atoms with Gasteiger partial charge in [0.15, 0.2) is 0 Å². The van der Waals surface area contributed by atoms with Crippen molar-refractivity contribution in [3.05, 3.63) is 42.1 Å². The van der Waals surface area contributed by atoms with Gasteiger partial charge in [0.1, 0.15) is 0 Å². The van der Waals surface area contributed by atoms with E-state index in [2.05, 4.69) is 9.88 Å². The Hall–Kier alpha value is -1.98. The van der Waals surface area contributed by atoms with Crippen molar-refractivity contribution >= 4 is 16.8 Å². The van der Waals surface area contributed by atoms with Crippen molar-refractivity contribution in [3.8, 4) is 0 Å². The molecule has 148 valence electrons. The molecule has 5 nitrogen and oxygen atoms in total. The van der Waals surface area contributed by atoms with Gasteiger partial charge in [-0.25, -0.2) is 0 Å². The number of fused-ring (bicyclic) bond motifs is 1. The summed E-state index contributed by atoms with van der Waals surface area (Å²) in [6.07, 6.45) is 7.63. The fraction of sp³-hybridized carbons (Fsp3) is 0.565. The quantitative estimate of drug-likeness (QED) is 0.821. The third-order valence-electron chi connectivity index (χ3n) is 6.70. The van der Waals surface area contributed by atoms with Crippen molar-refractivity contribution in [1.29, 1.82) is 0 Å². The fourth-order valence-corrected chi connectivity index (χ4v) is 5.40. The number of piperidine rings is 1. The van der Waals surface area contributed by atoms with E-state index in [4.69, 9.17) is 4.74 Å². The second-order valence-corrected chi connectivity index (χ2v) is 8.78. The SMILES string of the molecule is O=C(c1cccc2ncccc12)N1CCCC2(CC(CN3CCCC3)CO2)C1. The van der Waals surface area contributed by atoms with Crippen LogP contribution in [-0.2, 0) is 4.74 Å². The molecular weight excluding hydrogens is 350 g/mol. The highest BCUT2D eigenvalue weighted by Crippen LogP contribution is 2.38. The molecule has 0 bridgehead atoms. The smallest absolute Gasteiger partial charge is 0.254 e. The van der Waals surface area contributed by atoms with Crippen molar-refractivity contribution in [3.63, 3.8) is 0 Å². The molecule has 2 aromatic rings. The van der Waals surface area contributed by atoms with Crippen molar-refractivity contribution in [2.24, 2.45) is 5.92 Å². The minimum absolute atomic E-state index is 0.115. The zero-order valence-electron chi connectivity index (χ0n) is 16.5. The molecule has 1 aromatic heterocycles. The molecule has 3 fully saturated rings. The summed E-state index contributed by atoms with van der Waals surface area (Å²) >= 11 is 0. The molecule has 5 rings (SSSR count). The molecule has 1 aromatic carbocycles. The zero-order chi connectivity index (χ0) is 19.0. The fourth-order valence-electron chi connectivity index (χ4n) is 5.40. The third-order valence-corrected chi connectivity index (χ3v) is 6.70. The Kier molecular flexibility index (Phi) is 4.81. The highest BCUT2D eigenvalue weighted by molar-refractivity contribution is 6.06. The van der Waals surface area contributed by atoms with Gasteiger partial charge in [-0.15, -0.1) is 0 Å². The largest absolute Gasteiger partial charge is 0.373 e. The van der Waals surface area contributed by atoms with Crippen molar-refractivity contribution in [2.75, 3.05) is 39.3 Å². The van der Waals surface area contributed by atoms with Gasteiger partial charge in [-0.05, 0) is 69.3 Å². The summed E-state index contributed by atoms with van der Waals surface area (Å²) in [7, 11) is 0. The zero-order valence-corrected chi connectivity index (χ0v) is 16.5. The number of amides is 1. The minimum atomic E-state index is -0.138. The maximum Gasteiger partial charge on any atom is 0.254 e. The molecule has 0 radical (unpaired) electrons. The van der Waals surface area contributed by atoms with Crippen molar-refractivity contribution in [2.45, 2.75) is 37.7 Å². The summed E-state index contributed by atoms with van der Waals surface area (Å²) in [5, 5.41) is 0.939. The molecule has 0 N–H and O–H groups in total. The van der Waals surface area contributed by atoms with E-state index in [0.29, 0.717) is 5.92 Å². The lowest BCUT2D eigenvalue weighted by atomic mass is 9.86. The van der Waals surface area contributed by atoms with Crippen molar-refractivity contribution in [1.82, 2.24) is 14.8 Å². The average molecular weight is 380 g/mol. The molecule has 0 saturated carbocycles. The second-order valence-electron chi connectivity index (χ2n) is 8.78. The standard InChI is InChI=1S/C23H29N3O2/c27-22(20-6-3-8-21-19(20)7-4-10-24-21)26-13-5-9-23(17-26)14-18(16-28-23)15-25-11-1-2-12-25/h3-4,6-8,10,18H,1-2,5,9,11-17H2. The van der Waals surface area contributed by atoms with Gasteiger partial charge in [-0.1, -0.05) is 12.1 Å². The van der Waals surface area contributed by atoms with E-state index in [0.717, 1.165) is 62.0 Å². The molecule has 3 aliphatic rings. The van der Waals surface area contributed by atoms with E-state index in [1.807, 2.05) is 35.2 Å². The molecule has 4 heterocycles. The molecule has 1 amide bonds. The number of aromatic nitrogens is 1. The Labute approximate surface area is 166 Å². The topological polar surface area (TPSA) is 45.7 Å². The van der Waals surface area contributed by atoms with Crippen LogP contribution in [0.4, 0.5) is 0 Å². The molecule has 3 aliphatic heterocycles. The number of benzene rings is 1. The highest BCUT2D eigenvalue weighted by Gasteiger charge is 2.45. The molecule has 0 aliphatic carbocycles. The van der Waals surface area contributed by atoms with E-state index in [-0.39, 0.29) is 11.5 Å². The number of pyridine rings is 1. The van der Waals surface area contributed by atoms with Gasteiger partial charge < -0.3 is 14.5 Å². The van der Waals surface area contributed by atoms with Crippen LogP contribution in [0, 0.1) is 5.92 Å². The first-order valence-corrected chi connectivity index (χ1v) is 10.7. The maximum atomic E-state index is 13.3. The molecule has 2 atom stereocenters. The minimum Gasteiger partial charge on any atom is -0.373 e. The van der Waals surface area contributed by atoms with Crippen LogP contribution in [0.1, 0.15) is 42.5 Å². The molecule has 28 heavy (non-hydrogen) atoms. The van der Waals surface area contributed by atoms with Crippen LogP contribution in [0.5, 0.6) is 0 Å². The number of hydrogen-bond donors (Lipinski definition) is 0. The molecule has 5 heteroatoms. The summed E-state index contributed by atoms with van der Waals surface area (Å²) in [5.74, 6) is 0.721. The van der Waals surface area contributed by atoms with Gasteiger partial charge in [0.2, 0.25) is 0 Å². The number of carbonyl (C=O) groups is 1. The van der Waals surface area contributed by atoms with Crippen LogP contribution in [0.25, 0.3) is 10.9 Å². The number of nitrogens with zero attached hydrogens (tertiary/aromatic N) is 3. The number of hydrogen-bond acceptors (Lipinski definition) is 4. The predicted octanol–water partition coefficient (Wildman–Crippen LogP) is 3.34. The van der Waals surface area contributed by atoms with Gasteiger partial charge in [-0.3, -0.25) is 9.78 Å². The normalized spacial score (nSPS) is 28.4. The number of likely N-dealkylation sites (tertiary alicyclic amines) is 2. The summed E-state index contributed by atoms with van der Waals surface area (Å²) in [5.41, 5.74) is 1.50. The Bertz CT molecular complexity index is 859. The Balaban J connectivity index is 1.31. The van der Waals surface area contributed by atoms with Crippen LogP contribution in [0.15, 0.2) is 36.5 Å². The van der Waals surface area contributed by atoms with Crippen LogP contribution in [-0.4, -0.2) is 65.6 Å². The first-order valence-electron chi connectivity index (χ1n) is 10.7. The lowest BCUT2D eigenvalue weighted by molar-refractivity contribution is -0.0450. The van der Waals surface area contributed by atoms with E-state index in [1.165, 1.54) is 25.9 Å². The van der Waals surface area contributed by atoms with Crippen LogP contribution in [0.2, 0.25) is 0 Å². The Morgan fingerprint density at radius 1 is 1.14 bits per heavy atom. The Morgan fingerprint density at radius 3 is 2.93 bits per heavy atom. The van der Waals surface area contributed by atoms with Crippen molar-refractivity contribution < 1.29 is 9.53 Å². The van der Waals surface area contributed by atoms with Gasteiger partial charge >= 0.3 is 0 Å². The second kappa shape index (κ2) is 7.45. The third kappa shape index (κ3) is 3.42. The van der Waals surface area contributed by atoms with Crippen LogP contribution >= 0.6 is 0 Å². The monoisotopic (exact) mass is 379 g/mol. The number of rotatable bonds is 3. The summed E-state index contributed by atoms with van der Waals surface area (Å²) in [6, 6.07) is 9.72. The first kappa shape index (κ1) is 18.1. The van der Waals surface area contributed by atoms with Gasteiger partial charge in [0.25, 0.3) is 5.91 Å². The lowest BCUT2D eigenvalue weighted by Gasteiger charge is -2.40. The number of ether oxygens (including phenoxy) is 1. The van der Waals surface area contributed by atoms with E-state index < -0.39 is 0 Å². The van der Waals surface area contributed by atoms with E-state index in [9.17, 15) is 4.79 Å². The van der Waals surface area contributed by atoms with E-state index >= 15 is 0 Å². The van der Waals surface area contributed by atoms with Gasteiger partial charge in [0, 0.05) is 36.8 Å². The summed E-state index contributed by atoms with van der Waals surface area (Å²) in [4.78, 5) is 22.3. The Morgan fingerprint density at radius 2 is 2.04 bits per heavy atom. The number of carbonyl (C=O) groups excluding carboxylic acids is 1. The summed E-state index contributed by atoms with van der Waals surface area (Å²) in [6.45, 7) is 6.02. The average Bonchev–Trinajstić information content (AvgIpc) is 3.38. The molecule has 1 spiro atoms. The van der Waals surface area contributed by atoms with Crippen LogP contribution in [0.3, 0.4) is 0 Å². The lowest BCUT2D eigenvalue weighted by Crippen LogP contribution is -2.50. The first-order chi connectivity index (χ1) is 13.7. The van der Waals surface area contributed by atoms with E-state index in [1.54, 1.807) is 6.20 Å². The highest BCUT2D eigenvalue weighted by atomic mass is 16.5. The maximum absolute atomic E-state index is 13.3.